The summed E-state index contributed by atoms with van der Waals surface area (Å²) in [5.74, 6) is -0.910. The third-order valence-corrected chi connectivity index (χ3v) is 2.95. The monoisotopic (exact) mass is 296 g/mol. The van der Waals surface area contributed by atoms with E-state index < -0.39 is 49.3 Å². The zero-order valence-electron chi connectivity index (χ0n) is 11.5. The zero-order chi connectivity index (χ0) is 16.0. The van der Waals surface area contributed by atoms with Crippen molar-refractivity contribution in [3.63, 3.8) is 0 Å². The predicted octanol–water partition coefficient (Wildman–Crippen LogP) is -3.20. The summed E-state index contributed by atoms with van der Waals surface area (Å²) in [7, 11) is 0. The molecule has 1 saturated heterocycles. The van der Waals surface area contributed by atoms with Crippen LogP contribution in [0.5, 0.6) is 0 Å². The van der Waals surface area contributed by atoms with Crippen LogP contribution in [0.2, 0.25) is 0 Å². The molecule has 0 saturated carbocycles. The van der Waals surface area contributed by atoms with Gasteiger partial charge in [0.15, 0.2) is 6.29 Å². The maximum absolute atomic E-state index is 10.0. The first-order valence-electron chi connectivity index (χ1n) is 6.17. The first kappa shape index (κ1) is 19.2. The van der Waals surface area contributed by atoms with E-state index in [9.17, 15) is 15.0 Å². The van der Waals surface area contributed by atoms with E-state index in [2.05, 4.69) is 0 Å². The van der Waals surface area contributed by atoms with Gasteiger partial charge in [-0.3, -0.25) is 4.79 Å². The molecule has 120 valence electrons. The van der Waals surface area contributed by atoms with Crippen LogP contribution >= 0.6 is 0 Å². The second kappa shape index (κ2) is 8.47. The number of carboxylic acids is 1. The second-order valence-electron chi connectivity index (χ2n) is 4.91. The van der Waals surface area contributed by atoms with Gasteiger partial charge in [-0.1, -0.05) is 13.8 Å². The summed E-state index contributed by atoms with van der Waals surface area (Å²) in [5.41, 5.74) is 10.4. The summed E-state index contributed by atoms with van der Waals surface area (Å²) in [5, 5.41) is 44.3. The summed E-state index contributed by atoms with van der Waals surface area (Å²) in [4.78, 5) is 10.0. The van der Waals surface area contributed by atoms with Crippen LogP contribution in [-0.2, 0) is 9.53 Å². The average Bonchev–Trinajstić information content (AvgIpc) is 2.40. The van der Waals surface area contributed by atoms with E-state index in [1.54, 1.807) is 13.8 Å². The third-order valence-electron chi connectivity index (χ3n) is 2.95. The second-order valence-corrected chi connectivity index (χ2v) is 4.91. The van der Waals surface area contributed by atoms with Crippen molar-refractivity contribution in [3.8, 4) is 0 Å². The Balaban J connectivity index is 0.000000396. The Labute approximate surface area is 116 Å². The van der Waals surface area contributed by atoms with Gasteiger partial charge in [0, 0.05) is 0 Å². The van der Waals surface area contributed by atoms with Crippen LogP contribution < -0.4 is 11.5 Å². The van der Waals surface area contributed by atoms with Gasteiger partial charge < -0.3 is 41.7 Å². The number of rotatable bonds is 3. The molecule has 1 rings (SSSR count). The molecule has 1 fully saturated rings. The molecule has 1 aliphatic rings. The van der Waals surface area contributed by atoms with Gasteiger partial charge >= 0.3 is 5.97 Å². The van der Waals surface area contributed by atoms with E-state index >= 15 is 0 Å². The lowest BCUT2D eigenvalue weighted by molar-refractivity contribution is -0.248. The molecule has 0 aromatic heterocycles. The van der Waals surface area contributed by atoms with Gasteiger partial charge in [0.1, 0.15) is 24.4 Å². The maximum atomic E-state index is 10.0. The first-order valence-corrected chi connectivity index (χ1v) is 6.17. The Morgan fingerprint density at radius 1 is 1.25 bits per heavy atom. The van der Waals surface area contributed by atoms with Crippen molar-refractivity contribution in [1.29, 1.82) is 0 Å². The van der Waals surface area contributed by atoms with Gasteiger partial charge in [-0.2, -0.15) is 0 Å². The number of aliphatic hydroxyl groups is 4. The minimum absolute atomic E-state index is 0.0208. The molecule has 1 aliphatic heterocycles. The van der Waals surface area contributed by atoms with Gasteiger partial charge in [-0.25, -0.2) is 0 Å². The number of carbonyl (C=O) groups is 1. The van der Waals surface area contributed by atoms with Crippen LogP contribution in [0.1, 0.15) is 13.8 Å². The summed E-state index contributed by atoms with van der Waals surface area (Å²) in [6.45, 7) is 3.08. The molecule has 1 heterocycles. The quantitative estimate of drug-likeness (QED) is 0.282. The van der Waals surface area contributed by atoms with E-state index in [1.165, 1.54) is 0 Å². The Morgan fingerprint density at radius 2 is 1.75 bits per heavy atom. The molecule has 0 aromatic carbocycles. The summed E-state index contributed by atoms with van der Waals surface area (Å²) in [6.07, 6.45) is -4.85. The molecule has 9 nitrogen and oxygen atoms in total. The summed E-state index contributed by atoms with van der Waals surface area (Å²) in [6, 6.07) is -1.75. The van der Waals surface area contributed by atoms with Gasteiger partial charge in [0.25, 0.3) is 0 Å². The Hall–Kier alpha value is -0.810. The van der Waals surface area contributed by atoms with Crippen molar-refractivity contribution in [2.45, 2.75) is 50.5 Å². The Morgan fingerprint density at radius 3 is 2.05 bits per heavy atom. The molecule has 0 aliphatic carbocycles. The standard InChI is InChI=1S/C6H13NO5.C5H11NO2/c7-3-5(10)4(9)2(1-8)12-6(3)11;1-3(2)4(6)5(7)8/h2-6,8-11H,1,7H2;3-4H,6H2,1-2H3,(H,7,8)/t2-,3-,4-,5-,6-;4-/m10/s1. The molecule has 0 spiro atoms. The highest BCUT2D eigenvalue weighted by molar-refractivity contribution is 5.73. The highest BCUT2D eigenvalue weighted by atomic mass is 16.6. The number of hydrogen-bond donors (Lipinski definition) is 7. The molecule has 0 radical (unpaired) electrons. The fraction of sp³-hybridized carbons (Fsp3) is 0.909. The molecule has 0 aromatic rings. The Bertz CT molecular complexity index is 298. The smallest absolute Gasteiger partial charge is 0.320 e. The van der Waals surface area contributed by atoms with Crippen molar-refractivity contribution < 1.29 is 35.1 Å². The molecular formula is C11H24N2O7. The van der Waals surface area contributed by atoms with Crippen LogP contribution in [0.3, 0.4) is 0 Å². The van der Waals surface area contributed by atoms with Crippen LogP contribution in [0.15, 0.2) is 0 Å². The highest BCUT2D eigenvalue weighted by Crippen LogP contribution is 2.17. The lowest BCUT2D eigenvalue weighted by atomic mass is 9.98. The normalized spacial score (nSPS) is 35.1. The van der Waals surface area contributed by atoms with Crippen molar-refractivity contribution in [2.24, 2.45) is 17.4 Å². The molecular weight excluding hydrogens is 272 g/mol. The van der Waals surface area contributed by atoms with Crippen molar-refractivity contribution in [1.82, 2.24) is 0 Å². The van der Waals surface area contributed by atoms with Gasteiger partial charge in [0.2, 0.25) is 0 Å². The van der Waals surface area contributed by atoms with E-state index in [-0.39, 0.29) is 5.92 Å². The highest BCUT2D eigenvalue weighted by Gasteiger charge is 2.41. The lowest BCUT2D eigenvalue weighted by Crippen LogP contribution is -2.61. The third kappa shape index (κ3) is 5.29. The van der Waals surface area contributed by atoms with E-state index in [1.807, 2.05) is 0 Å². The largest absolute Gasteiger partial charge is 0.480 e. The number of hydrogen-bond acceptors (Lipinski definition) is 8. The average molecular weight is 296 g/mol. The van der Waals surface area contributed by atoms with Crippen LogP contribution in [-0.4, -0.2) is 74.8 Å². The van der Waals surface area contributed by atoms with E-state index in [0.717, 1.165) is 0 Å². The van der Waals surface area contributed by atoms with E-state index in [0.29, 0.717) is 0 Å². The topological polar surface area (TPSA) is 179 Å². The lowest BCUT2D eigenvalue weighted by Gasteiger charge is -2.38. The van der Waals surface area contributed by atoms with Crippen molar-refractivity contribution >= 4 is 5.97 Å². The van der Waals surface area contributed by atoms with Crippen molar-refractivity contribution in [2.75, 3.05) is 6.61 Å². The zero-order valence-corrected chi connectivity index (χ0v) is 11.5. The molecule has 9 N–H and O–H groups in total. The predicted molar refractivity (Wildman–Crippen MR) is 68.4 cm³/mol. The minimum atomic E-state index is -1.35. The number of aliphatic hydroxyl groups excluding tert-OH is 4. The molecule has 0 bridgehead atoms. The van der Waals surface area contributed by atoms with Gasteiger partial charge in [-0.15, -0.1) is 0 Å². The Kier molecular flexibility index (Phi) is 8.13. The first-order chi connectivity index (χ1) is 9.13. The van der Waals surface area contributed by atoms with Gasteiger partial charge in [-0.05, 0) is 5.92 Å². The molecule has 0 amide bonds. The van der Waals surface area contributed by atoms with E-state index in [4.69, 9.17) is 31.5 Å². The molecule has 9 heteroatoms. The SMILES string of the molecule is CC(C)[C@H](N)C(=O)O.N[C@@H]1[C@@H](O)[C@H](O)[C@@H](CO)O[C@H]1O. The van der Waals surface area contributed by atoms with Gasteiger partial charge in [0.05, 0.1) is 12.6 Å². The summed E-state index contributed by atoms with van der Waals surface area (Å²) < 4.78 is 4.70. The maximum Gasteiger partial charge on any atom is 0.320 e. The van der Waals surface area contributed by atoms with Crippen molar-refractivity contribution in [3.05, 3.63) is 0 Å². The molecule has 6 atom stereocenters. The minimum Gasteiger partial charge on any atom is -0.480 e. The van der Waals surface area contributed by atoms with Crippen LogP contribution in [0.25, 0.3) is 0 Å². The number of nitrogens with two attached hydrogens (primary N) is 2. The van der Waals surface area contributed by atoms with Crippen LogP contribution in [0, 0.1) is 5.92 Å². The number of aliphatic carboxylic acids is 1. The molecule has 20 heavy (non-hydrogen) atoms. The number of carboxylic acid groups (broad SMARTS) is 1. The van der Waals surface area contributed by atoms with Crippen LogP contribution in [0.4, 0.5) is 0 Å². The number of ether oxygens (including phenoxy) is 1. The molecule has 0 unspecified atom stereocenters. The fourth-order valence-corrected chi connectivity index (χ4v) is 1.40. The fourth-order valence-electron chi connectivity index (χ4n) is 1.40. The summed E-state index contributed by atoms with van der Waals surface area (Å²) >= 11 is 0.